The molecule has 27 heavy (non-hydrogen) atoms. The maximum Gasteiger partial charge on any atom is 0.373 e. The number of nitro groups is 1. The minimum absolute atomic E-state index is 0.0588. The normalized spacial score (nSPS) is 20.4. The fraction of sp³-hybridized carbons (Fsp3) is 0.389. The maximum atomic E-state index is 11.5. The van der Waals surface area contributed by atoms with Gasteiger partial charge in [0.1, 0.15) is 6.20 Å². The third-order valence-corrected chi connectivity index (χ3v) is 5.70. The van der Waals surface area contributed by atoms with E-state index < -0.39 is 10.5 Å². The van der Waals surface area contributed by atoms with Crippen LogP contribution in [-0.2, 0) is 6.54 Å². The minimum Gasteiger partial charge on any atom is -0.387 e. The Kier molecular flexibility index (Phi) is 4.58. The van der Waals surface area contributed by atoms with Crippen molar-refractivity contribution in [1.82, 2.24) is 14.3 Å². The number of likely N-dealkylation sites (N-methyl/N-ethyl adjacent to an activating group) is 1. The van der Waals surface area contributed by atoms with Gasteiger partial charge >= 0.3 is 5.82 Å². The molecule has 1 unspecified atom stereocenters. The highest BCUT2D eigenvalue weighted by Crippen LogP contribution is 2.32. The van der Waals surface area contributed by atoms with Crippen LogP contribution in [-0.4, -0.2) is 56.6 Å². The van der Waals surface area contributed by atoms with Crippen molar-refractivity contribution in [3.05, 3.63) is 57.6 Å². The Bertz CT molecular complexity index is 956. The zero-order valence-corrected chi connectivity index (χ0v) is 15.8. The lowest BCUT2D eigenvalue weighted by atomic mass is 10.0. The summed E-state index contributed by atoms with van der Waals surface area (Å²) in [6.07, 6.45) is 2.27. The second-order valence-corrected chi connectivity index (χ2v) is 7.97. The van der Waals surface area contributed by atoms with Crippen molar-refractivity contribution in [2.75, 3.05) is 31.6 Å². The number of fused-ring (bicyclic) bond motifs is 1. The van der Waals surface area contributed by atoms with Crippen molar-refractivity contribution in [2.24, 2.45) is 0 Å². The minimum atomic E-state index is -0.922. The summed E-state index contributed by atoms with van der Waals surface area (Å²) in [5, 5.41) is 24.3. The van der Waals surface area contributed by atoms with Crippen LogP contribution in [0, 0.1) is 10.1 Å². The molecule has 1 aromatic carbocycles. The van der Waals surface area contributed by atoms with Gasteiger partial charge in [-0.15, -0.1) is 0 Å². The Morgan fingerprint density at radius 3 is 2.93 bits per heavy atom. The van der Waals surface area contributed by atoms with Crippen LogP contribution in [0.2, 0.25) is 0 Å². The molecule has 1 fully saturated rings. The van der Waals surface area contributed by atoms with Crippen LogP contribution in [0.25, 0.3) is 4.96 Å². The lowest BCUT2D eigenvalue weighted by Gasteiger charge is -2.28. The monoisotopic (exact) mass is 387 g/mol. The molecule has 1 aliphatic rings. The van der Waals surface area contributed by atoms with Crippen LogP contribution in [0.3, 0.4) is 0 Å². The number of aliphatic hydroxyl groups is 1. The highest BCUT2D eigenvalue weighted by molar-refractivity contribution is 7.15. The van der Waals surface area contributed by atoms with Crippen LogP contribution >= 0.6 is 11.3 Å². The van der Waals surface area contributed by atoms with E-state index in [9.17, 15) is 15.2 Å². The van der Waals surface area contributed by atoms with Gasteiger partial charge in [0.2, 0.25) is 5.82 Å². The van der Waals surface area contributed by atoms with Crippen molar-refractivity contribution < 1.29 is 10.0 Å². The highest BCUT2D eigenvalue weighted by Gasteiger charge is 2.39. The summed E-state index contributed by atoms with van der Waals surface area (Å²) < 4.78 is 1.48. The number of thiazole rings is 1. The number of aromatic nitrogens is 2. The third-order valence-electron chi connectivity index (χ3n) is 4.95. The second-order valence-electron chi connectivity index (χ2n) is 7.10. The average molecular weight is 387 g/mol. The zero-order chi connectivity index (χ0) is 19.0. The van der Waals surface area contributed by atoms with Gasteiger partial charge in [0, 0.05) is 38.6 Å². The van der Waals surface area contributed by atoms with Crippen molar-refractivity contribution >= 4 is 27.9 Å². The van der Waals surface area contributed by atoms with Gasteiger partial charge in [-0.25, -0.2) is 0 Å². The number of rotatable bonds is 6. The molecule has 0 amide bonds. The first-order chi connectivity index (χ1) is 13.0. The van der Waals surface area contributed by atoms with E-state index >= 15 is 0 Å². The molecule has 142 valence electrons. The lowest BCUT2D eigenvalue weighted by Crippen LogP contribution is -2.44. The van der Waals surface area contributed by atoms with Gasteiger partial charge < -0.3 is 20.1 Å². The van der Waals surface area contributed by atoms with E-state index in [-0.39, 0.29) is 5.82 Å². The molecule has 1 aliphatic heterocycles. The number of likely N-dealkylation sites (tertiary alicyclic amines) is 1. The van der Waals surface area contributed by atoms with E-state index in [2.05, 4.69) is 22.0 Å². The van der Waals surface area contributed by atoms with Crippen LogP contribution in [0.15, 0.2) is 41.9 Å². The Morgan fingerprint density at radius 1 is 1.41 bits per heavy atom. The molecule has 0 spiro atoms. The van der Waals surface area contributed by atoms with Crippen molar-refractivity contribution in [1.29, 1.82) is 0 Å². The third kappa shape index (κ3) is 3.53. The molecular weight excluding hydrogens is 366 g/mol. The SMILES string of the molecule is CN(CC1(O)CCN(Cc2ccccc2)C1)c1nc2sccn2c1[N+](=O)[O-]. The number of nitrogens with zero attached hydrogens (tertiary/aromatic N) is 5. The summed E-state index contributed by atoms with van der Waals surface area (Å²) in [7, 11) is 1.75. The van der Waals surface area contributed by atoms with Gasteiger partial charge in [0.05, 0.1) is 5.60 Å². The largest absolute Gasteiger partial charge is 0.387 e. The first-order valence-corrected chi connectivity index (χ1v) is 9.63. The molecule has 2 aromatic heterocycles. The Labute approximate surface area is 160 Å². The number of imidazole rings is 1. The fourth-order valence-electron chi connectivity index (χ4n) is 3.75. The standard InChI is InChI=1S/C18H21N5O3S/c1-20(15-16(23(25)26)22-9-10-27-17(22)19-15)12-18(24)7-8-21(13-18)11-14-5-3-2-4-6-14/h2-6,9-10,24H,7-8,11-13H2,1H3. The first kappa shape index (κ1) is 17.9. The van der Waals surface area contributed by atoms with Gasteiger partial charge in [0.25, 0.3) is 4.96 Å². The molecule has 4 rings (SSSR count). The maximum absolute atomic E-state index is 11.5. The molecule has 0 radical (unpaired) electrons. The lowest BCUT2D eigenvalue weighted by molar-refractivity contribution is -0.389. The number of benzene rings is 1. The number of hydrogen-bond donors (Lipinski definition) is 1. The second kappa shape index (κ2) is 6.91. The summed E-state index contributed by atoms with van der Waals surface area (Å²) in [6, 6.07) is 10.2. The van der Waals surface area contributed by atoms with E-state index in [1.165, 1.54) is 21.3 Å². The van der Waals surface area contributed by atoms with E-state index in [0.29, 0.717) is 30.3 Å². The Balaban J connectivity index is 1.48. The Morgan fingerprint density at radius 2 is 2.19 bits per heavy atom. The summed E-state index contributed by atoms with van der Waals surface area (Å²) in [5.41, 5.74) is 0.286. The average Bonchev–Trinajstić information content (AvgIpc) is 3.29. The van der Waals surface area contributed by atoms with E-state index in [1.807, 2.05) is 18.2 Å². The van der Waals surface area contributed by atoms with Gasteiger partial charge in [-0.2, -0.15) is 9.38 Å². The molecule has 3 aromatic rings. The molecule has 0 aliphatic carbocycles. The smallest absolute Gasteiger partial charge is 0.373 e. The van der Waals surface area contributed by atoms with E-state index in [1.54, 1.807) is 23.5 Å². The predicted molar refractivity (Wildman–Crippen MR) is 104 cm³/mol. The molecule has 0 bridgehead atoms. The topological polar surface area (TPSA) is 87.2 Å². The van der Waals surface area contributed by atoms with Gasteiger partial charge in [-0.1, -0.05) is 41.7 Å². The van der Waals surface area contributed by atoms with Crippen molar-refractivity contribution in [3.63, 3.8) is 0 Å². The first-order valence-electron chi connectivity index (χ1n) is 8.75. The van der Waals surface area contributed by atoms with Crippen LogP contribution in [0.4, 0.5) is 11.6 Å². The van der Waals surface area contributed by atoms with Crippen LogP contribution in [0.5, 0.6) is 0 Å². The molecule has 9 heteroatoms. The molecule has 8 nitrogen and oxygen atoms in total. The molecule has 0 saturated carbocycles. The number of anilines is 1. The molecule has 1 atom stereocenters. The summed E-state index contributed by atoms with van der Waals surface area (Å²) >= 11 is 1.35. The summed E-state index contributed by atoms with van der Waals surface area (Å²) in [6.45, 7) is 2.40. The summed E-state index contributed by atoms with van der Waals surface area (Å²) in [4.78, 5) is 20.0. The Hall–Kier alpha value is -2.49. The van der Waals surface area contributed by atoms with E-state index in [0.717, 1.165) is 13.1 Å². The van der Waals surface area contributed by atoms with Crippen molar-refractivity contribution in [3.8, 4) is 0 Å². The molecular formula is C18H21N5O3S. The van der Waals surface area contributed by atoms with Gasteiger partial charge in [0.15, 0.2) is 0 Å². The molecule has 3 heterocycles. The summed E-state index contributed by atoms with van der Waals surface area (Å²) in [5.74, 6) is 0.235. The number of hydrogen-bond acceptors (Lipinski definition) is 7. The number of β-amino-alcohol motifs (C(OH)–C–C–N with tert-alkyl or cyclic N) is 1. The predicted octanol–water partition coefficient (Wildman–Crippen LogP) is 2.38. The van der Waals surface area contributed by atoms with Gasteiger partial charge in [-0.05, 0) is 16.9 Å². The quantitative estimate of drug-likeness (QED) is 0.516. The zero-order valence-electron chi connectivity index (χ0n) is 15.0. The van der Waals surface area contributed by atoms with Gasteiger partial charge in [-0.3, -0.25) is 4.90 Å². The fourth-order valence-corrected chi connectivity index (χ4v) is 4.46. The van der Waals surface area contributed by atoms with Crippen molar-refractivity contribution in [2.45, 2.75) is 18.6 Å². The van der Waals surface area contributed by atoms with Crippen LogP contribution in [0.1, 0.15) is 12.0 Å². The highest BCUT2D eigenvalue weighted by atomic mass is 32.1. The van der Waals surface area contributed by atoms with Crippen LogP contribution < -0.4 is 4.90 Å². The van der Waals surface area contributed by atoms with E-state index in [4.69, 9.17) is 0 Å². The molecule has 1 N–H and O–H groups in total. The molecule has 1 saturated heterocycles.